The van der Waals surface area contributed by atoms with Crippen LogP contribution in [0.5, 0.6) is 0 Å². The van der Waals surface area contributed by atoms with E-state index < -0.39 is 31.0 Å². The Morgan fingerprint density at radius 1 is 1.36 bits per heavy atom. The molecule has 0 aromatic heterocycles. The summed E-state index contributed by atoms with van der Waals surface area (Å²) in [4.78, 5) is 0. The van der Waals surface area contributed by atoms with Gasteiger partial charge < -0.3 is 25.2 Å². The molecule has 0 bridgehead atoms. The summed E-state index contributed by atoms with van der Waals surface area (Å²) in [7, 11) is 0. The molecule has 1 saturated heterocycles. The van der Waals surface area contributed by atoms with Crippen molar-refractivity contribution in [3.63, 3.8) is 0 Å². The average Bonchev–Trinajstić information content (AvgIpc) is 1.95. The van der Waals surface area contributed by atoms with Crippen molar-refractivity contribution in [1.29, 1.82) is 0 Å². The van der Waals surface area contributed by atoms with Gasteiger partial charge in [-0.05, 0) is 0 Å². The Balaban J connectivity index is 2.72. The molecular weight excluding hydrogens is 159 g/mol. The zero-order valence-corrected chi connectivity index (χ0v) is 5.51. The maximum Gasteiger partial charge on any atom is 0.286 e. The summed E-state index contributed by atoms with van der Waals surface area (Å²) in [5, 5.41) is 34.7. The number of aliphatic hydroxyl groups is 4. The summed E-state index contributed by atoms with van der Waals surface area (Å²) >= 11 is 0. The minimum absolute atomic E-state index is 0.408. The Morgan fingerprint density at radius 3 is 2.36 bits per heavy atom. The molecule has 1 rings (SSSR count). The van der Waals surface area contributed by atoms with Crippen molar-refractivity contribution in [3.8, 4) is 0 Å². The third-order valence-corrected chi connectivity index (χ3v) is 1.55. The van der Waals surface area contributed by atoms with E-state index in [2.05, 4.69) is 4.74 Å². The van der Waals surface area contributed by atoms with Crippen LogP contribution in [0.3, 0.4) is 0 Å². The highest BCUT2D eigenvalue weighted by atomic mass is 19.2. The molecule has 6 heteroatoms. The van der Waals surface area contributed by atoms with Crippen LogP contribution >= 0.6 is 0 Å². The second-order valence-corrected chi connectivity index (χ2v) is 2.43. The van der Waals surface area contributed by atoms with E-state index in [9.17, 15) is 4.39 Å². The molecule has 4 N–H and O–H groups in total. The fourth-order valence-corrected chi connectivity index (χ4v) is 0.814. The van der Waals surface area contributed by atoms with Gasteiger partial charge in [-0.2, -0.15) is 0 Å². The minimum atomic E-state index is -3.29. The molecule has 0 saturated carbocycles. The highest BCUT2D eigenvalue weighted by Crippen LogP contribution is 2.25. The van der Waals surface area contributed by atoms with Gasteiger partial charge in [0.2, 0.25) is 6.29 Å². The van der Waals surface area contributed by atoms with E-state index >= 15 is 0 Å². The van der Waals surface area contributed by atoms with Crippen LogP contribution in [0.2, 0.25) is 0 Å². The molecule has 66 valence electrons. The van der Waals surface area contributed by atoms with Gasteiger partial charge in [-0.3, -0.25) is 0 Å². The molecule has 0 aliphatic carbocycles. The maximum atomic E-state index is 12.7. The number of alkyl halides is 1. The van der Waals surface area contributed by atoms with E-state index in [0.717, 1.165) is 0 Å². The number of ether oxygens (including phenoxy) is 1. The van der Waals surface area contributed by atoms with Crippen LogP contribution in [-0.2, 0) is 4.74 Å². The maximum absolute atomic E-state index is 12.7. The van der Waals surface area contributed by atoms with Crippen molar-refractivity contribution >= 4 is 0 Å². The Kier molecular flexibility index (Phi) is 2.13. The first kappa shape index (κ1) is 8.82. The molecule has 11 heavy (non-hydrogen) atoms. The standard InChI is InChI=1S/C5H9FO5/c6-5(10)3(8)2(7)1-11-4(5)9/h2-4,7-10H,1H2/t2-,3-,4?,5+/m0/s1. The second kappa shape index (κ2) is 2.65. The smallest absolute Gasteiger partial charge is 0.286 e. The van der Waals surface area contributed by atoms with Gasteiger partial charge in [-0.1, -0.05) is 0 Å². The largest absolute Gasteiger partial charge is 0.388 e. The van der Waals surface area contributed by atoms with Crippen molar-refractivity contribution in [3.05, 3.63) is 0 Å². The normalized spacial score (nSPS) is 52.6. The number of aliphatic hydroxyl groups excluding tert-OH is 3. The van der Waals surface area contributed by atoms with E-state index in [0.29, 0.717) is 0 Å². The Morgan fingerprint density at radius 2 is 1.91 bits per heavy atom. The number of hydrogen-bond acceptors (Lipinski definition) is 5. The van der Waals surface area contributed by atoms with Gasteiger partial charge in [0.15, 0.2) is 0 Å². The summed E-state index contributed by atoms with van der Waals surface area (Å²) in [5.74, 6) is -3.29. The van der Waals surface area contributed by atoms with E-state index in [1.165, 1.54) is 0 Å². The highest BCUT2D eigenvalue weighted by Gasteiger charge is 2.51. The summed E-state index contributed by atoms with van der Waals surface area (Å²) < 4.78 is 16.9. The van der Waals surface area contributed by atoms with Crippen LogP contribution in [0, 0.1) is 0 Å². The first-order valence-electron chi connectivity index (χ1n) is 3.03. The van der Waals surface area contributed by atoms with Crippen LogP contribution in [0.25, 0.3) is 0 Å². The Labute approximate surface area is 61.6 Å². The Hall–Kier alpha value is -0.270. The second-order valence-electron chi connectivity index (χ2n) is 2.43. The molecule has 1 aliphatic rings. The fraction of sp³-hybridized carbons (Fsp3) is 1.00. The quantitative estimate of drug-likeness (QED) is 0.327. The molecule has 1 fully saturated rings. The molecule has 1 heterocycles. The predicted octanol–water partition coefficient (Wildman–Crippen LogP) is -2.29. The molecule has 0 radical (unpaired) electrons. The highest BCUT2D eigenvalue weighted by molar-refractivity contribution is 4.88. The molecular formula is C5H9FO5. The minimum Gasteiger partial charge on any atom is -0.388 e. The van der Waals surface area contributed by atoms with Gasteiger partial charge in [0.25, 0.3) is 5.85 Å². The van der Waals surface area contributed by atoms with E-state index in [4.69, 9.17) is 20.4 Å². The van der Waals surface area contributed by atoms with Gasteiger partial charge in [0, 0.05) is 0 Å². The van der Waals surface area contributed by atoms with Crippen LogP contribution in [0.4, 0.5) is 4.39 Å². The van der Waals surface area contributed by atoms with Gasteiger partial charge in [0.1, 0.15) is 12.2 Å². The number of rotatable bonds is 0. The van der Waals surface area contributed by atoms with Crippen molar-refractivity contribution < 1.29 is 29.6 Å². The summed E-state index contributed by atoms with van der Waals surface area (Å²) in [5.41, 5.74) is 0. The van der Waals surface area contributed by atoms with Gasteiger partial charge in [0.05, 0.1) is 6.61 Å². The van der Waals surface area contributed by atoms with Crippen LogP contribution in [0.15, 0.2) is 0 Å². The summed E-state index contributed by atoms with van der Waals surface area (Å²) in [6.45, 7) is -0.408. The lowest BCUT2D eigenvalue weighted by Gasteiger charge is -2.36. The van der Waals surface area contributed by atoms with Crippen molar-refractivity contribution in [2.24, 2.45) is 0 Å². The van der Waals surface area contributed by atoms with E-state index in [1.807, 2.05) is 0 Å². The molecule has 0 amide bonds. The molecule has 1 aliphatic heterocycles. The lowest BCUT2D eigenvalue weighted by Crippen LogP contribution is -2.60. The number of halogens is 1. The van der Waals surface area contributed by atoms with Crippen LogP contribution < -0.4 is 0 Å². The Bertz CT molecular complexity index is 150. The average molecular weight is 168 g/mol. The monoisotopic (exact) mass is 168 g/mol. The SMILES string of the molecule is OC1OC[C@H](O)[C@H](O)[C@]1(O)F. The third kappa shape index (κ3) is 1.35. The molecule has 0 aromatic rings. The molecule has 5 nitrogen and oxygen atoms in total. The first-order valence-corrected chi connectivity index (χ1v) is 3.03. The van der Waals surface area contributed by atoms with Crippen LogP contribution in [-0.4, -0.2) is 51.4 Å². The fourth-order valence-electron chi connectivity index (χ4n) is 0.814. The van der Waals surface area contributed by atoms with Crippen molar-refractivity contribution in [2.75, 3.05) is 6.61 Å². The van der Waals surface area contributed by atoms with Gasteiger partial charge in [-0.25, -0.2) is 4.39 Å². The molecule has 0 aromatic carbocycles. The van der Waals surface area contributed by atoms with Gasteiger partial charge in [-0.15, -0.1) is 0 Å². The zero-order valence-electron chi connectivity index (χ0n) is 5.51. The molecule has 4 atom stereocenters. The van der Waals surface area contributed by atoms with Crippen molar-refractivity contribution in [2.45, 2.75) is 24.4 Å². The van der Waals surface area contributed by atoms with E-state index in [1.54, 1.807) is 0 Å². The molecule has 1 unspecified atom stereocenters. The first-order chi connectivity index (χ1) is 4.96. The van der Waals surface area contributed by atoms with Gasteiger partial charge >= 0.3 is 0 Å². The van der Waals surface area contributed by atoms with E-state index in [-0.39, 0.29) is 0 Å². The lowest BCUT2D eigenvalue weighted by atomic mass is 10.0. The number of hydrogen-bond donors (Lipinski definition) is 4. The lowest BCUT2D eigenvalue weighted by molar-refractivity contribution is -0.349. The summed E-state index contributed by atoms with van der Waals surface area (Å²) in [6.07, 6.45) is -5.67. The topological polar surface area (TPSA) is 90.2 Å². The predicted molar refractivity (Wildman–Crippen MR) is 30.0 cm³/mol. The third-order valence-electron chi connectivity index (χ3n) is 1.55. The van der Waals surface area contributed by atoms with Crippen LogP contribution in [0.1, 0.15) is 0 Å². The molecule has 0 spiro atoms. The zero-order chi connectivity index (χ0) is 8.65. The summed E-state index contributed by atoms with van der Waals surface area (Å²) in [6, 6.07) is 0. The van der Waals surface area contributed by atoms with Crippen molar-refractivity contribution in [1.82, 2.24) is 0 Å².